The zero-order chi connectivity index (χ0) is 17.0. The van der Waals surface area contributed by atoms with Crippen LogP contribution in [0.5, 0.6) is 5.75 Å². The van der Waals surface area contributed by atoms with Crippen LogP contribution < -0.4 is 4.74 Å². The maximum Gasteiger partial charge on any atom is 0.127 e. The van der Waals surface area contributed by atoms with Crippen LogP contribution in [0.25, 0.3) is 0 Å². The summed E-state index contributed by atoms with van der Waals surface area (Å²) in [6.07, 6.45) is 0.208. The van der Waals surface area contributed by atoms with Crippen LogP contribution in [-0.2, 0) is 6.42 Å². The summed E-state index contributed by atoms with van der Waals surface area (Å²) in [4.78, 5) is 0. The Morgan fingerprint density at radius 2 is 2.00 bits per heavy atom. The molecule has 0 amide bonds. The number of halogens is 2. The van der Waals surface area contributed by atoms with Crippen molar-refractivity contribution in [3.05, 3.63) is 63.9 Å². The van der Waals surface area contributed by atoms with Gasteiger partial charge in [0.1, 0.15) is 11.6 Å². The van der Waals surface area contributed by atoms with E-state index in [4.69, 9.17) is 16.3 Å². The van der Waals surface area contributed by atoms with Gasteiger partial charge in [0.2, 0.25) is 0 Å². The molecule has 0 spiro atoms. The van der Waals surface area contributed by atoms with Gasteiger partial charge in [0.25, 0.3) is 0 Å². The van der Waals surface area contributed by atoms with Gasteiger partial charge < -0.3 is 4.74 Å². The van der Waals surface area contributed by atoms with Gasteiger partial charge in [0.15, 0.2) is 0 Å². The van der Waals surface area contributed by atoms with E-state index in [2.05, 4.69) is 19.9 Å². The zero-order valence-corrected chi connectivity index (χ0v) is 14.2. The summed E-state index contributed by atoms with van der Waals surface area (Å²) in [7, 11) is 1.57. The molecule has 0 aromatic heterocycles. The summed E-state index contributed by atoms with van der Waals surface area (Å²) >= 11 is 6.09. The van der Waals surface area contributed by atoms with Crippen LogP contribution in [0, 0.1) is 17.1 Å². The topological polar surface area (TPSA) is 33.0 Å². The molecule has 0 N–H and O–H groups in total. The van der Waals surface area contributed by atoms with Crippen LogP contribution in [0.4, 0.5) is 4.39 Å². The number of methoxy groups -OCH3 is 1. The number of hydrogen-bond donors (Lipinski definition) is 0. The van der Waals surface area contributed by atoms with Gasteiger partial charge >= 0.3 is 0 Å². The van der Waals surface area contributed by atoms with Crippen LogP contribution in [0.15, 0.2) is 36.4 Å². The Hall–Kier alpha value is -2.05. The second-order valence-electron chi connectivity index (χ2n) is 5.74. The summed E-state index contributed by atoms with van der Waals surface area (Å²) in [5.41, 5.74) is 2.24. The molecule has 0 heterocycles. The van der Waals surface area contributed by atoms with E-state index in [9.17, 15) is 9.65 Å². The predicted molar refractivity (Wildman–Crippen MR) is 90.6 cm³/mol. The van der Waals surface area contributed by atoms with Gasteiger partial charge in [-0.15, -0.1) is 0 Å². The lowest BCUT2D eigenvalue weighted by atomic mass is 9.89. The molecule has 2 nitrogen and oxygen atoms in total. The Labute approximate surface area is 141 Å². The lowest BCUT2D eigenvalue weighted by Crippen LogP contribution is -2.06. The molecule has 0 bridgehead atoms. The Morgan fingerprint density at radius 3 is 2.57 bits per heavy atom. The Morgan fingerprint density at radius 1 is 1.26 bits per heavy atom. The van der Waals surface area contributed by atoms with Gasteiger partial charge in [0.05, 0.1) is 19.1 Å². The van der Waals surface area contributed by atoms with Crippen molar-refractivity contribution in [1.29, 1.82) is 5.26 Å². The summed E-state index contributed by atoms with van der Waals surface area (Å²) in [6, 6.07) is 12.6. The second kappa shape index (κ2) is 7.48. The average molecular weight is 332 g/mol. The van der Waals surface area contributed by atoms with E-state index in [1.165, 1.54) is 6.07 Å². The van der Waals surface area contributed by atoms with Gasteiger partial charge in [-0.05, 0) is 36.1 Å². The second-order valence-corrected chi connectivity index (χ2v) is 6.15. The summed E-state index contributed by atoms with van der Waals surface area (Å²) in [5.74, 6) is 0.0410. The van der Waals surface area contributed by atoms with E-state index in [-0.39, 0.29) is 6.42 Å². The van der Waals surface area contributed by atoms with Crippen molar-refractivity contribution in [2.45, 2.75) is 32.1 Å². The fourth-order valence-electron chi connectivity index (χ4n) is 2.54. The minimum atomic E-state index is -0.530. The maximum atomic E-state index is 14.0. The first-order valence-electron chi connectivity index (χ1n) is 7.48. The van der Waals surface area contributed by atoms with E-state index in [1.807, 2.05) is 18.2 Å². The minimum absolute atomic E-state index is 0.208. The van der Waals surface area contributed by atoms with Gasteiger partial charge in [0, 0.05) is 16.1 Å². The standard InChI is InChI=1S/C19H19ClFNO/c1-12(2)13-7-8-19(23-3)15(9-13)14(11-22)10-16-17(20)5-4-6-18(16)21/h4-9,12,14H,10H2,1-3H3. The van der Waals surface area contributed by atoms with Crippen LogP contribution in [-0.4, -0.2) is 7.11 Å². The monoisotopic (exact) mass is 331 g/mol. The molecule has 4 heteroatoms. The van der Waals surface area contributed by atoms with Crippen LogP contribution in [0.3, 0.4) is 0 Å². The molecule has 23 heavy (non-hydrogen) atoms. The molecule has 0 aliphatic carbocycles. The number of benzene rings is 2. The lowest BCUT2D eigenvalue weighted by molar-refractivity contribution is 0.407. The normalized spacial score (nSPS) is 12.0. The molecule has 0 aliphatic rings. The van der Waals surface area contributed by atoms with E-state index in [0.717, 1.165) is 11.1 Å². The van der Waals surface area contributed by atoms with Crippen molar-refractivity contribution >= 4 is 11.6 Å². The van der Waals surface area contributed by atoms with Gasteiger partial charge in [-0.2, -0.15) is 5.26 Å². The molecule has 0 saturated carbocycles. The number of nitriles is 1. The highest BCUT2D eigenvalue weighted by Crippen LogP contribution is 2.34. The van der Waals surface area contributed by atoms with Gasteiger partial charge in [-0.1, -0.05) is 43.6 Å². The van der Waals surface area contributed by atoms with Crippen molar-refractivity contribution in [2.24, 2.45) is 0 Å². The molecule has 0 radical (unpaired) electrons. The Kier molecular flexibility index (Phi) is 5.63. The molecule has 2 rings (SSSR count). The van der Waals surface area contributed by atoms with Crippen LogP contribution in [0.1, 0.15) is 42.4 Å². The first kappa shape index (κ1) is 17.3. The molecular formula is C19H19ClFNO. The fraction of sp³-hybridized carbons (Fsp3) is 0.316. The van der Waals surface area contributed by atoms with Gasteiger partial charge in [-0.25, -0.2) is 4.39 Å². The van der Waals surface area contributed by atoms with E-state index in [1.54, 1.807) is 19.2 Å². The van der Waals surface area contributed by atoms with E-state index in [0.29, 0.717) is 22.3 Å². The minimum Gasteiger partial charge on any atom is -0.496 e. The van der Waals surface area contributed by atoms with Crippen LogP contribution in [0.2, 0.25) is 5.02 Å². The largest absolute Gasteiger partial charge is 0.496 e. The summed E-state index contributed by atoms with van der Waals surface area (Å²) in [6.45, 7) is 4.17. The third-order valence-electron chi connectivity index (χ3n) is 3.92. The van der Waals surface area contributed by atoms with E-state index < -0.39 is 11.7 Å². The smallest absolute Gasteiger partial charge is 0.127 e. The molecule has 1 atom stereocenters. The highest BCUT2D eigenvalue weighted by atomic mass is 35.5. The molecule has 1 unspecified atom stereocenters. The lowest BCUT2D eigenvalue weighted by Gasteiger charge is -2.17. The number of hydrogen-bond acceptors (Lipinski definition) is 2. The zero-order valence-electron chi connectivity index (χ0n) is 13.4. The number of ether oxygens (including phenoxy) is 1. The highest BCUT2D eigenvalue weighted by Gasteiger charge is 2.20. The average Bonchev–Trinajstić information content (AvgIpc) is 2.54. The Bertz CT molecular complexity index is 716. The molecule has 0 fully saturated rings. The first-order chi connectivity index (χ1) is 11.0. The quantitative estimate of drug-likeness (QED) is 0.728. The molecule has 120 valence electrons. The van der Waals surface area contributed by atoms with Crippen molar-refractivity contribution < 1.29 is 9.13 Å². The van der Waals surface area contributed by atoms with Crippen molar-refractivity contribution in [3.63, 3.8) is 0 Å². The molecule has 2 aromatic rings. The third-order valence-corrected chi connectivity index (χ3v) is 4.28. The van der Waals surface area contributed by atoms with Crippen LogP contribution >= 0.6 is 11.6 Å². The number of nitrogens with zero attached hydrogens (tertiary/aromatic N) is 1. The van der Waals surface area contributed by atoms with Crippen molar-refractivity contribution in [3.8, 4) is 11.8 Å². The van der Waals surface area contributed by atoms with Gasteiger partial charge in [-0.3, -0.25) is 0 Å². The molecule has 2 aromatic carbocycles. The van der Waals surface area contributed by atoms with Crippen molar-refractivity contribution in [2.75, 3.05) is 7.11 Å². The summed E-state index contributed by atoms with van der Waals surface area (Å²) < 4.78 is 19.4. The highest BCUT2D eigenvalue weighted by molar-refractivity contribution is 6.31. The summed E-state index contributed by atoms with van der Waals surface area (Å²) in [5, 5.41) is 9.94. The predicted octanol–water partition coefficient (Wildman–Crippen LogP) is 5.46. The van der Waals surface area contributed by atoms with Crippen molar-refractivity contribution in [1.82, 2.24) is 0 Å². The SMILES string of the molecule is COc1ccc(C(C)C)cc1C(C#N)Cc1c(F)cccc1Cl. The molecule has 0 aliphatic heterocycles. The molecule has 0 saturated heterocycles. The molecular weight excluding hydrogens is 313 g/mol. The Balaban J connectivity index is 2.45. The fourth-order valence-corrected chi connectivity index (χ4v) is 2.78. The third kappa shape index (κ3) is 3.83. The maximum absolute atomic E-state index is 14.0. The van der Waals surface area contributed by atoms with E-state index >= 15 is 0 Å². The first-order valence-corrected chi connectivity index (χ1v) is 7.86. The number of rotatable bonds is 5.